The predicted octanol–water partition coefficient (Wildman–Crippen LogP) is 3.27. The van der Waals surface area contributed by atoms with Crippen molar-refractivity contribution in [3.05, 3.63) is 35.9 Å². The number of hydrogen-bond donors (Lipinski definition) is 0. The number of benzene rings is 1. The lowest BCUT2D eigenvalue weighted by Crippen LogP contribution is -2.45. The number of amides is 1. The first kappa shape index (κ1) is 13.4. The quantitative estimate of drug-likeness (QED) is 0.752. The number of halogens is 1. The van der Waals surface area contributed by atoms with Gasteiger partial charge in [0.05, 0.1) is 11.3 Å². The number of alkyl halides is 1. The Hall–Kier alpha value is -1.02. The van der Waals surface area contributed by atoms with Crippen LogP contribution in [0.3, 0.4) is 0 Å². The molecule has 1 saturated heterocycles. The number of likely N-dealkylation sites (tertiary alicyclic amines) is 1. The van der Waals surface area contributed by atoms with Crippen LogP contribution in [0.25, 0.3) is 0 Å². The second-order valence-corrected chi connectivity index (χ2v) is 5.76. The molecule has 0 bridgehead atoms. The highest BCUT2D eigenvalue weighted by molar-refractivity contribution is 6.21. The number of hydrogen-bond acceptors (Lipinski definition) is 1. The molecule has 3 atom stereocenters. The fourth-order valence-electron chi connectivity index (χ4n) is 2.38. The largest absolute Gasteiger partial charge is 0.341 e. The fraction of sp³-hybridized carbons (Fsp3) is 0.533. The molecule has 2 rings (SSSR count). The summed E-state index contributed by atoms with van der Waals surface area (Å²) in [7, 11) is 0. The van der Waals surface area contributed by atoms with E-state index in [4.69, 9.17) is 11.6 Å². The van der Waals surface area contributed by atoms with Gasteiger partial charge in [0.25, 0.3) is 0 Å². The van der Waals surface area contributed by atoms with Crippen LogP contribution < -0.4 is 0 Å². The van der Waals surface area contributed by atoms with Gasteiger partial charge < -0.3 is 4.90 Å². The van der Waals surface area contributed by atoms with Crippen molar-refractivity contribution in [1.29, 1.82) is 0 Å². The highest BCUT2D eigenvalue weighted by Gasteiger charge is 2.29. The zero-order chi connectivity index (χ0) is 13.1. The Bertz CT molecular complexity index is 406. The lowest BCUT2D eigenvalue weighted by molar-refractivity contribution is -0.133. The number of rotatable bonds is 2. The van der Waals surface area contributed by atoms with Crippen molar-refractivity contribution >= 4 is 17.5 Å². The second-order valence-electron chi connectivity index (χ2n) is 5.20. The summed E-state index contributed by atoms with van der Waals surface area (Å²) < 4.78 is 0. The molecule has 1 aromatic carbocycles. The maximum atomic E-state index is 12.4. The Morgan fingerprint density at radius 2 is 2.06 bits per heavy atom. The molecule has 18 heavy (non-hydrogen) atoms. The van der Waals surface area contributed by atoms with Crippen LogP contribution in [0, 0.1) is 5.92 Å². The molecule has 3 heteroatoms. The predicted molar refractivity (Wildman–Crippen MR) is 74.9 cm³/mol. The summed E-state index contributed by atoms with van der Waals surface area (Å²) in [6.07, 6.45) is 1.00. The first-order chi connectivity index (χ1) is 8.59. The fourth-order valence-corrected chi connectivity index (χ4v) is 2.67. The standard InChI is InChI=1S/C15H20ClNO/c1-11-8-9-17(10-14(11)16)15(18)12(2)13-6-4-3-5-7-13/h3-7,11-12,14H,8-10H2,1-2H3. The molecular formula is C15H20ClNO. The molecule has 0 N–H and O–H groups in total. The van der Waals surface area contributed by atoms with Gasteiger partial charge in [0.2, 0.25) is 5.91 Å². The number of nitrogens with zero attached hydrogens (tertiary/aromatic N) is 1. The minimum Gasteiger partial charge on any atom is -0.341 e. The summed E-state index contributed by atoms with van der Waals surface area (Å²) in [6.45, 7) is 5.64. The van der Waals surface area contributed by atoms with E-state index in [0.29, 0.717) is 12.5 Å². The monoisotopic (exact) mass is 265 g/mol. The van der Waals surface area contributed by atoms with Gasteiger partial charge in [-0.05, 0) is 24.8 Å². The van der Waals surface area contributed by atoms with Crippen LogP contribution in [0.5, 0.6) is 0 Å². The molecule has 1 fully saturated rings. The molecule has 1 aliphatic heterocycles. The van der Waals surface area contributed by atoms with Crippen molar-refractivity contribution in [3.63, 3.8) is 0 Å². The van der Waals surface area contributed by atoms with Crippen LogP contribution >= 0.6 is 11.6 Å². The van der Waals surface area contributed by atoms with Gasteiger partial charge in [-0.3, -0.25) is 4.79 Å². The van der Waals surface area contributed by atoms with E-state index in [1.54, 1.807) is 0 Å². The summed E-state index contributed by atoms with van der Waals surface area (Å²) in [6, 6.07) is 9.93. The van der Waals surface area contributed by atoms with Gasteiger partial charge in [-0.2, -0.15) is 0 Å². The lowest BCUT2D eigenvalue weighted by Gasteiger charge is -2.35. The maximum Gasteiger partial charge on any atom is 0.229 e. The molecule has 1 aliphatic rings. The Balaban J connectivity index is 2.03. The average molecular weight is 266 g/mol. The molecule has 3 unspecified atom stereocenters. The Kier molecular flexibility index (Phi) is 4.28. The van der Waals surface area contributed by atoms with Crippen LogP contribution in [0.2, 0.25) is 0 Å². The van der Waals surface area contributed by atoms with E-state index in [0.717, 1.165) is 18.5 Å². The Morgan fingerprint density at radius 1 is 1.39 bits per heavy atom. The average Bonchev–Trinajstić information content (AvgIpc) is 2.41. The minimum absolute atomic E-state index is 0.0801. The molecule has 2 nitrogen and oxygen atoms in total. The molecule has 0 aromatic heterocycles. The van der Waals surface area contributed by atoms with Gasteiger partial charge in [-0.1, -0.05) is 37.3 Å². The molecular weight excluding hydrogens is 246 g/mol. The van der Waals surface area contributed by atoms with Crippen LogP contribution in [-0.4, -0.2) is 29.3 Å². The molecule has 0 spiro atoms. The van der Waals surface area contributed by atoms with E-state index in [2.05, 4.69) is 6.92 Å². The van der Waals surface area contributed by atoms with Crippen molar-refractivity contribution in [2.24, 2.45) is 5.92 Å². The number of piperidine rings is 1. The van der Waals surface area contributed by atoms with Gasteiger partial charge >= 0.3 is 0 Å². The number of carbonyl (C=O) groups is 1. The number of carbonyl (C=O) groups excluding carboxylic acids is 1. The normalized spacial score (nSPS) is 25.8. The minimum atomic E-state index is -0.0801. The second kappa shape index (κ2) is 5.75. The zero-order valence-corrected chi connectivity index (χ0v) is 11.7. The molecule has 1 amide bonds. The molecule has 0 aliphatic carbocycles. The van der Waals surface area contributed by atoms with Gasteiger partial charge in [0.15, 0.2) is 0 Å². The van der Waals surface area contributed by atoms with Crippen LogP contribution in [0.1, 0.15) is 31.7 Å². The molecule has 98 valence electrons. The van der Waals surface area contributed by atoms with Gasteiger partial charge in [-0.15, -0.1) is 11.6 Å². The Labute approximate surface area is 114 Å². The summed E-state index contributed by atoms with van der Waals surface area (Å²) >= 11 is 6.26. The van der Waals surface area contributed by atoms with Gasteiger partial charge in [0, 0.05) is 13.1 Å². The summed E-state index contributed by atoms with van der Waals surface area (Å²) in [4.78, 5) is 14.3. The van der Waals surface area contributed by atoms with E-state index >= 15 is 0 Å². The van der Waals surface area contributed by atoms with Crippen LogP contribution in [-0.2, 0) is 4.79 Å². The zero-order valence-electron chi connectivity index (χ0n) is 11.0. The molecule has 0 radical (unpaired) electrons. The molecule has 0 saturated carbocycles. The highest BCUT2D eigenvalue weighted by atomic mass is 35.5. The van der Waals surface area contributed by atoms with Gasteiger partial charge in [0.1, 0.15) is 0 Å². The SMILES string of the molecule is CC(C(=O)N1CCC(C)C(Cl)C1)c1ccccc1. The Morgan fingerprint density at radius 3 is 2.67 bits per heavy atom. The third kappa shape index (κ3) is 2.86. The van der Waals surface area contributed by atoms with Crippen molar-refractivity contribution in [2.75, 3.05) is 13.1 Å². The van der Waals surface area contributed by atoms with Crippen LogP contribution in [0.15, 0.2) is 30.3 Å². The third-order valence-corrected chi connectivity index (χ3v) is 4.42. The molecule has 1 aromatic rings. The summed E-state index contributed by atoms with van der Waals surface area (Å²) in [5.41, 5.74) is 1.08. The smallest absolute Gasteiger partial charge is 0.229 e. The van der Waals surface area contributed by atoms with E-state index < -0.39 is 0 Å². The van der Waals surface area contributed by atoms with Crippen LogP contribution in [0.4, 0.5) is 0 Å². The first-order valence-corrected chi connectivity index (χ1v) is 7.01. The summed E-state index contributed by atoms with van der Waals surface area (Å²) in [5, 5.41) is 0.0886. The van der Waals surface area contributed by atoms with E-state index in [1.807, 2.05) is 42.2 Å². The molecule has 1 heterocycles. The van der Waals surface area contributed by atoms with Crippen molar-refractivity contribution in [2.45, 2.75) is 31.6 Å². The van der Waals surface area contributed by atoms with Crippen molar-refractivity contribution < 1.29 is 4.79 Å². The van der Waals surface area contributed by atoms with E-state index in [-0.39, 0.29) is 17.2 Å². The highest BCUT2D eigenvalue weighted by Crippen LogP contribution is 2.25. The maximum absolute atomic E-state index is 12.4. The van der Waals surface area contributed by atoms with Crippen molar-refractivity contribution in [3.8, 4) is 0 Å². The van der Waals surface area contributed by atoms with E-state index in [9.17, 15) is 4.79 Å². The summed E-state index contributed by atoms with van der Waals surface area (Å²) in [5.74, 6) is 0.616. The topological polar surface area (TPSA) is 20.3 Å². The van der Waals surface area contributed by atoms with Gasteiger partial charge in [-0.25, -0.2) is 0 Å². The first-order valence-electron chi connectivity index (χ1n) is 6.57. The van der Waals surface area contributed by atoms with Crippen molar-refractivity contribution in [1.82, 2.24) is 4.90 Å². The lowest BCUT2D eigenvalue weighted by atomic mass is 9.95. The van der Waals surface area contributed by atoms with E-state index in [1.165, 1.54) is 0 Å². The third-order valence-electron chi connectivity index (χ3n) is 3.85.